The van der Waals surface area contributed by atoms with Crippen molar-refractivity contribution in [2.45, 2.75) is 0 Å². The van der Waals surface area contributed by atoms with Crippen LogP contribution < -0.4 is 0 Å². The highest BCUT2D eigenvalue weighted by atomic mass is 14.0. The van der Waals surface area contributed by atoms with Crippen LogP contribution in [0.15, 0.2) is 98.6 Å². The fourth-order valence-corrected chi connectivity index (χ4v) is 2.46. The number of fused-ring (bicyclic) bond motifs is 1. The molecule has 0 bridgehead atoms. The third-order valence-electron chi connectivity index (χ3n) is 3.65. The monoisotopic (exact) mass is 310 g/mol. The van der Waals surface area contributed by atoms with Crippen LogP contribution in [-0.4, -0.2) is 0 Å². The van der Waals surface area contributed by atoms with Gasteiger partial charge in [0, 0.05) is 0 Å². The van der Waals surface area contributed by atoms with E-state index < -0.39 is 0 Å². The summed E-state index contributed by atoms with van der Waals surface area (Å²) in [5.74, 6) is 0. The Balaban J connectivity index is 0.000000185. The lowest BCUT2D eigenvalue weighted by atomic mass is 9.99. The van der Waals surface area contributed by atoms with Crippen molar-refractivity contribution in [3.05, 3.63) is 115 Å². The van der Waals surface area contributed by atoms with Crippen LogP contribution in [0.3, 0.4) is 0 Å². The summed E-state index contributed by atoms with van der Waals surface area (Å²) in [6, 6.07) is 22.6. The van der Waals surface area contributed by atoms with Crippen LogP contribution in [0.4, 0.5) is 0 Å². The molecule has 3 aromatic rings. The van der Waals surface area contributed by atoms with Gasteiger partial charge in [-0.2, -0.15) is 0 Å². The Morgan fingerprint density at radius 3 is 2.04 bits per heavy atom. The molecule has 0 amide bonds. The molecule has 0 N–H and O–H groups in total. The molecule has 0 nitrogen and oxygen atoms in total. The molecule has 0 heterocycles. The van der Waals surface area contributed by atoms with Crippen molar-refractivity contribution in [2.75, 3.05) is 0 Å². The van der Waals surface area contributed by atoms with E-state index in [0.717, 1.165) is 11.1 Å². The van der Waals surface area contributed by atoms with E-state index in [0.29, 0.717) is 0 Å². The number of hydrogen-bond acceptors (Lipinski definition) is 0. The number of allylic oxidation sites excluding steroid dienone is 2. The Bertz CT molecular complexity index is 852. The summed E-state index contributed by atoms with van der Waals surface area (Å²) in [4.78, 5) is 0. The fraction of sp³-hybridized carbons (Fsp3) is 0. The van der Waals surface area contributed by atoms with Crippen molar-refractivity contribution in [3.8, 4) is 0 Å². The first-order valence-corrected chi connectivity index (χ1v) is 7.91. The van der Waals surface area contributed by atoms with Gasteiger partial charge in [0.15, 0.2) is 0 Å². The van der Waals surface area contributed by atoms with Crippen molar-refractivity contribution in [3.63, 3.8) is 0 Å². The second-order valence-corrected chi connectivity index (χ2v) is 5.20. The molecule has 0 radical (unpaired) electrons. The van der Waals surface area contributed by atoms with E-state index in [9.17, 15) is 0 Å². The SMILES string of the molecule is C=CC=Cc1ccccc1.C=Cc1ccc2ccccc2c1C=C. The second kappa shape index (κ2) is 9.12. The van der Waals surface area contributed by atoms with E-state index in [-0.39, 0.29) is 0 Å². The Hall–Kier alpha value is -3.12. The lowest BCUT2D eigenvalue weighted by molar-refractivity contribution is 1.66. The summed E-state index contributed by atoms with van der Waals surface area (Å²) >= 11 is 0. The highest BCUT2D eigenvalue weighted by molar-refractivity contribution is 5.93. The molecule has 0 saturated heterocycles. The average Bonchev–Trinajstić information content (AvgIpc) is 2.66. The Kier molecular flexibility index (Phi) is 6.55. The van der Waals surface area contributed by atoms with Crippen LogP contribution in [0.25, 0.3) is 29.0 Å². The third kappa shape index (κ3) is 4.44. The maximum Gasteiger partial charge on any atom is -0.0106 e. The van der Waals surface area contributed by atoms with Crippen LogP contribution in [0, 0.1) is 0 Å². The zero-order valence-electron chi connectivity index (χ0n) is 13.9. The van der Waals surface area contributed by atoms with Gasteiger partial charge in [-0.15, -0.1) is 0 Å². The third-order valence-corrected chi connectivity index (χ3v) is 3.65. The summed E-state index contributed by atoms with van der Waals surface area (Å²) in [7, 11) is 0. The lowest BCUT2D eigenvalue weighted by Gasteiger charge is -2.05. The van der Waals surface area contributed by atoms with Crippen molar-refractivity contribution in [1.82, 2.24) is 0 Å². The minimum absolute atomic E-state index is 1.14. The maximum absolute atomic E-state index is 3.84. The van der Waals surface area contributed by atoms with E-state index in [4.69, 9.17) is 0 Å². The van der Waals surface area contributed by atoms with Gasteiger partial charge >= 0.3 is 0 Å². The molecule has 3 rings (SSSR count). The quantitative estimate of drug-likeness (QED) is 0.454. The fourth-order valence-electron chi connectivity index (χ4n) is 2.46. The van der Waals surface area contributed by atoms with Crippen LogP contribution in [0.2, 0.25) is 0 Å². The van der Waals surface area contributed by atoms with E-state index in [1.807, 2.05) is 54.6 Å². The Morgan fingerprint density at radius 2 is 1.38 bits per heavy atom. The topological polar surface area (TPSA) is 0 Å². The molecule has 0 heteroatoms. The molecular weight excluding hydrogens is 288 g/mol. The number of hydrogen-bond donors (Lipinski definition) is 0. The van der Waals surface area contributed by atoms with Crippen molar-refractivity contribution < 1.29 is 0 Å². The first-order valence-electron chi connectivity index (χ1n) is 7.91. The molecule has 0 saturated carbocycles. The van der Waals surface area contributed by atoms with E-state index in [2.05, 4.69) is 56.1 Å². The van der Waals surface area contributed by atoms with Gasteiger partial charge in [0.25, 0.3) is 0 Å². The van der Waals surface area contributed by atoms with Gasteiger partial charge in [-0.05, 0) is 27.5 Å². The molecule has 3 aromatic carbocycles. The molecule has 0 unspecified atom stereocenters. The van der Waals surface area contributed by atoms with Gasteiger partial charge < -0.3 is 0 Å². The minimum atomic E-state index is 1.14. The molecular formula is C24H22. The van der Waals surface area contributed by atoms with Crippen LogP contribution in [-0.2, 0) is 0 Å². The molecule has 0 atom stereocenters. The van der Waals surface area contributed by atoms with Gasteiger partial charge in [-0.1, -0.05) is 117 Å². The molecule has 24 heavy (non-hydrogen) atoms. The van der Waals surface area contributed by atoms with Crippen LogP contribution >= 0.6 is 0 Å². The standard InChI is InChI=1S/C14H12.C10H10/c1-3-11-9-10-12-7-5-6-8-14(12)13(11)4-2;1-2-3-7-10-8-5-4-6-9-10/h3-10H,1-2H2;2-9H,1H2. The zero-order valence-corrected chi connectivity index (χ0v) is 13.9. The molecule has 0 spiro atoms. The van der Waals surface area contributed by atoms with E-state index >= 15 is 0 Å². The molecule has 0 fully saturated rings. The number of benzene rings is 3. The van der Waals surface area contributed by atoms with E-state index in [1.165, 1.54) is 16.3 Å². The van der Waals surface area contributed by atoms with Crippen LogP contribution in [0.5, 0.6) is 0 Å². The largest absolute Gasteiger partial charge is 0.0991 e. The molecule has 0 aliphatic rings. The Labute approximate surface area is 144 Å². The van der Waals surface area contributed by atoms with E-state index in [1.54, 1.807) is 6.08 Å². The summed E-state index contributed by atoms with van der Waals surface area (Å²) in [6.07, 6.45) is 9.47. The van der Waals surface area contributed by atoms with Gasteiger partial charge in [0.1, 0.15) is 0 Å². The summed E-state index contributed by atoms with van der Waals surface area (Å²) in [6.45, 7) is 11.2. The van der Waals surface area contributed by atoms with Gasteiger partial charge in [0.05, 0.1) is 0 Å². The van der Waals surface area contributed by atoms with Crippen molar-refractivity contribution in [1.29, 1.82) is 0 Å². The highest BCUT2D eigenvalue weighted by Crippen LogP contribution is 2.23. The molecule has 0 aliphatic carbocycles. The predicted octanol–water partition coefficient (Wildman–Crippen LogP) is 7.01. The summed E-state index contributed by atoms with van der Waals surface area (Å²) in [5.41, 5.74) is 3.51. The molecule has 0 aliphatic heterocycles. The minimum Gasteiger partial charge on any atom is -0.0991 e. The van der Waals surface area contributed by atoms with Gasteiger partial charge in [-0.25, -0.2) is 0 Å². The maximum atomic E-state index is 3.84. The smallest absolute Gasteiger partial charge is 0.0106 e. The lowest BCUT2D eigenvalue weighted by Crippen LogP contribution is -1.82. The normalized spacial score (nSPS) is 10.0. The second-order valence-electron chi connectivity index (χ2n) is 5.20. The summed E-state index contributed by atoms with van der Waals surface area (Å²) in [5, 5.41) is 2.48. The average molecular weight is 310 g/mol. The van der Waals surface area contributed by atoms with Crippen molar-refractivity contribution >= 4 is 29.0 Å². The Morgan fingerprint density at radius 1 is 0.667 bits per heavy atom. The zero-order chi connectivity index (χ0) is 17.2. The number of rotatable bonds is 4. The van der Waals surface area contributed by atoms with Crippen LogP contribution in [0.1, 0.15) is 16.7 Å². The first-order chi connectivity index (χ1) is 11.8. The first kappa shape index (κ1) is 17.2. The predicted molar refractivity (Wildman–Crippen MR) is 110 cm³/mol. The van der Waals surface area contributed by atoms with Gasteiger partial charge in [-0.3, -0.25) is 0 Å². The summed E-state index contributed by atoms with van der Waals surface area (Å²) < 4.78 is 0. The van der Waals surface area contributed by atoms with Crippen molar-refractivity contribution in [2.24, 2.45) is 0 Å². The van der Waals surface area contributed by atoms with Gasteiger partial charge in [0.2, 0.25) is 0 Å². The molecule has 0 aromatic heterocycles. The highest BCUT2D eigenvalue weighted by Gasteiger charge is 2.00. The molecule has 118 valence electrons.